The van der Waals surface area contributed by atoms with Gasteiger partial charge in [-0.05, 0) is 18.2 Å². The van der Waals surface area contributed by atoms with Crippen LogP contribution in [0.3, 0.4) is 0 Å². The Bertz CT molecular complexity index is 1230. The number of carbonyl (C=O) groups is 1. The van der Waals surface area contributed by atoms with E-state index in [1.807, 2.05) is 50.2 Å². The maximum Gasteiger partial charge on any atom is 0.261 e. The fraction of sp³-hybridized carbons (Fsp3) is 0.136. The van der Waals surface area contributed by atoms with Gasteiger partial charge in [-0.1, -0.05) is 30.3 Å². The van der Waals surface area contributed by atoms with Crippen molar-refractivity contribution in [3.05, 3.63) is 72.6 Å². The maximum absolute atomic E-state index is 12.9. The van der Waals surface area contributed by atoms with E-state index in [-0.39, 0.29) is 5.91 Å². The normalized spacial score (nSPS) is 14.1. The van der Waals surface area contributed by atoms with Gasteiger partial charge in [-0.2, -0.15) is 5.10 Å². The number of carbonyl (C=O) groups excluding carboxylic acids is 1. The number of amides is 1. The number of fused-ring (bicyclic) bond motifs is 2. The highest BCUT2D eigenvalue weighted by molar-refractivity contribution is 6.08. The van der Waals surface area contributed by atoms with Crippen LogP contribution in [0.4, 0.5) is 5.69 Å². The molecule has 1 amide bonds. The zero-order valence-corrected chi connectivity index (χ0v) is 15.9. The zero-order valence-electron chi connectivity index (χ0n) is 15.9. The summed E-state index contributed by atoms with van der Waals surface area (Å²) in [5.74, 6) is 0.233. The minimum atomic E-state index is -0.717. The molecule has 0 bridgehead atoms. The van der Waals surface area contributed by atoms with Crippen molar-refractivity contribution in [1.82, 2.24) is 14.6 Å². The summed E-state index contributed by atoms with van der Waals surface area (Å²) in [5, 5.41) is 7.27. The molecule has 29 heavy (non-hydrogen) atoms. The lowest BCUT2D eigenvalue weighted by molar-refractivity contribution is -0.0431. The molecule has 3 heterocycles. The Morgan fingerprint density at radius 2 is 1.83 bits per heavy atom. The molecule has 1 aliphatic heterocycles. The number of rotatable bonds is 3. The van der Waals surface area contributed by atoms with Crippen molar-refractivity contribution < 1.29 is 14.3 Å². The SMILES string of the molecule is CC1(C)Oc2ccc(NC(=O)c3cnn4c(-c5ccccc5)ccnc34)cc2O1. The first-order chi connectivity index (χ1) is 14.0. The summed E-state index contributed by atoms with van der Waals surface area (Å²) in [6.45, 7) is 3.67. The summed E-state index contributed by atoms with van der Waals surface area (Å²) in [6.07, 6.45) is 3.21. The summed E-state index contributed by atoms with van der Waals surface area (Å²) in [6, 6.07) is 17.0. The quantitative estimate of drug-likeness (QED) is 0.572. The van der Waals surface area contributed by atoms with Gasteiger partial charge in [-0.25, -0.2) is 9.50 Å². The van der Waals surface area contributed by atoms with Crippen LogP contribution in [0.5, 0.6) is 11.5 Å². The summed E-state index contributed by atoms with van der Waals surface area (Å²) in [5.41, 5.74) is 3.34. The summed E-state index contributed by atoms with van der Waals surface area (Å²) in [4.78, 5) is 17.2. The molecular weight excluding hydrogens is 368 g/mol. The summed E-state index contributed by atoms with van der Waals surface area (Å²) >= 11 is 0. The van der Waals surface area contributed by atoms with Gasteiger partial charge < -0.3 is 14.8 Å². The van der Waals surface area contributed by atoms with Crippen LogP contribution in [0.1, 0.15) is 24.2 Å². The number of nitrogens with one attached hydrogen (secondary N) is 1. The number of anilines is 1. The van der Waals surface area contributed by atoms with Crippen LogP contribution < -0.4 is 14.8 Å². The Morgan fingerprint density at radius 3 is 2.66 bits per heavy atom. The van der Waals surface area contributed by atoms with Gasteiger partial charge in [0.15, 0.2) is 17.1 Å². The number of nitrogens with zero attached hydrogens (tertiary/aromatic N) is 3. The van der Waals surface area contributed by atoms with Crippen LogP contribution in [-0.2, 0) is 0 Å². The Kier molecular flexibility index (Phi) is 3.77. The van der Waals surface area contributed by atoms with Crippen LogP contribution in [0.2, 0.25) is 0 Å². The van der Waals surface area contributed by atoms with Crippen molar-refractivity contribution in [2.24, 2.45) is 0 Å². The van der Waals surface area contributed by atoms with Crippen molar-refractivity contribution in [1.29, 1.82) is 0 Å². The third-order valence-corrected chi connectivity index (χ3v) is 4.63. The predicted octanol–water partition coefficient (Wildman–Crippen LogP) is 4.16. The third-order valence-electron chi connectivity index (χ3n) is 4.63. The average molecular weight is 386 g/mol. The lowest BCUT2D eigenvalue weighted by Crippen LogP contribution is -2.29. The van der Waals surface area contributed by atoms with Crippen molar-refractivity contribution in [3.63, 3.8) is 0 Å². The molecule has 0 atom stereocenters. The molecule has 0 aliphatic carbocycles. The molecule has 5 rings (SSSR count). The molecule has 0 radical (unpaired) electrons. The van der Waals surface area contributed by atoms with Gasteiger partial charge in [0.05, 0.1) is 11.9 Å². The van der Waals surface area contributed by atoms with Gasteiger partial charge in [0.25, 0.3) is 5.91 Å². The number of ether oxygens (including phenoxy) is 2. The fourth-order valence-corrected chi connectivity index (χ4v) is 3.38. The van der Waals surface area contributed by atoms with E-state index in [9.17, 15) is 4.79 Å². The first-order valence-electron chi connectivity index (χ1n) is 9.22. The van der Waals surface area contributed by atoms with Gasteiger partial charge in [-0.15, -0.1) is 0 Å². The first-order valence-corrected chi connectivity index (χ1v) is 9.22. The van der Waals surface area contributed by atoms with Gasteiger partial charge in [0.1, 0.15) is 5.56 Å². The summed E-state index contributed by atoms with van der Waals surface area (Å²) < 4.78 is 13.1. The molecule has 0 spiro atoms. The standard InChI is InChI=1S/C22H18N4O3/c1-22(2)28-18-9-8-15(12-19(18)29-22)25-21(27)16-13-24-26-17(10-11-23-20(16)26)14-6-4-3-5-7-14/h3-13H,1-2H3,(H,25,27). The topological polar surface area (TPSA) is 77.8 Å². The molecule has 2 aromatic heterocycles. The highest BCUT2D eigenvalue weighted by atomic mass is 16.7. The molecule has 1 N–H and O–H groups in total. The fourth-order valence-electron chi connectivity index (χ4n) is 3.38. The van der Waals surface area contributed by atoms with Crippen LogP contribution in [0.25, 0.3) is 16.9 Å². The summed E-state index contributed by atoms with van der Waals surface area (Å²) in [7, 11) is 0. The molecule has 0 saturated carbocycles. The second-order valence-corrected chi connectivity index (χ2v) is 7.21. The average Bonchev–Trinajstić information content (AvgIpc) is 3.27. The molecule has 0 saturated heterocycles. The Morgan fingerprint density at radius 1 is 1.03 bits per heavy atom. The van der Waals surface area contributed by atoms with E-state index < -0.39 is 5.79 Å². The predicted molar refractivity (Wildman–Crippen MR) is 108 cm³/mol. The molecule has 1 aliphatic rings. The van der Waals surface area contributed by atoms with Gasteiger partial charge in [-0.3, -0.25) is 4.79 Å². The van der Waals surface area contributed by atoms with E-state index in [0.29, 0.717) is 28.4 Å². The van der Waals surface area contributed by atoms with E-state index in [1.165, 1.54) is 6.20 Å². The van der Waals surface area contributed by atoms with E-state index in [2.05, 4.69) is 15.4 Å². The second kappa shape index (κ2) is 6.34. The van der Waals surface area contributed by atoms with Crippen molar-refractivity contribution in [2.75, 3.05) is 5.32 Å². The monoisotopic (exact) mass is 386 g/mol. The first kappa shape index (κ1) is 17.2. The van der Waals surface area contributed by atoms with Crippen LogP contribution >= 0.6 is 0 Å². The Hall–Kier alpha value is -3.87. The van der Waals surface area contributed by atoms with Gasteiger partial charge in [0, 0.05) is 37.4 Å². The van der Waals surface area contributed by atoms with E-state index in [0.717, 1.165) is 11.3 Å². The Labute approximate surface area is 166 Å². The van der Waals surface area contributed by atoms with E-state index in [4.69, 9.17) is 9.47 Å². The molecule has 2 aromatic carbocycles. The number of aromatic nitrogens is 3. The lowest BCUT2D eigenvalue weighted by atomic mass is 10.1. The molecule has 0 unspecified atom stereocenters. The highest BCUT2D eigenvalue weighted by Gasteiger charge is 2.31. The van der Waals surface area contributed by atoms with Crippen molar-refractivity contribution in [3.8, 4) is 22.8 Å². The molecule has 144 valence electrons. The van der Waals surface area contributed by atoms with E-state index >= 15 is 0 Å². The number of hydrogen-bond donors (Lipinski definition) is 1. The third kappa shape index (κ3) is 3.06. The van der Waals surface area contributed by atoms with E-state index in [1.54, 1.807) is 28.9 Å². The molecule has 7 heteroatoms. The molecule has 4 aromatic rings. The molecule has 0 fully saturated rings. The molecule has 7 nitrogen and oxygen atoms in total. The van der Waals surface area contributed by atoms with Crippen molar-refractivity contribution in [2.45, 2.75) is 19.6 Å². The largest absolute Gasteiger partial charge is 0.449 e. The van der Waals surface area contributed by atoms with Crippen LogP contribution in [0.15, 0.2) is 67.0 Å². The van der Waals surface area contributed by atoms with Gasteiger partial charge in [0.2, 0.25) is 5.79 Å². The van der Waals surface area contributed by atoms with Crippen molar-refractivity contribution >= 4 is 17.2 Å². The second-order valence-electron chi connectivity index (χ2n) is 7.21. The van der Waals surface area contributed by atoms with Crippen LogP contribution in [-0.4, -0.2) is 26.3 Å². The Balaban J connectivity index is 1.46. The lowest BCUT2D eigenvalue weighted by Gasteiger charge is -2.16. The van der Waals surface area contributed by atoms with Gasteiger partial charge >= 0.3 is 0 Å². The minimum absolute atomic E-state index is 0.296. The number of hydrogen-bond acceptors (Lipinski definition) is 5. The highest BCUT2D eigenvalue weighted by Crippen LogP contribution is 2.40. The minimum Gasteiger partial charge on any atom is -0.449 e. The molecular formula is C22H18N4O3. The zero-order chi connectivity index (χ0) is 20.0. The number of benzene rings is 2. The van der Waals surface area contributed by atoms with Crippen LogP contribution in [0, 0.1) is 0 Å². The smallest absolute Gasteiger partial charge is 0.261 e. The maximum atomic E-state index is 12.9.